The Morgan fingerprint density at radius 2 is 2.00 bits per heavy atom. The number of hydrogen-bond donors (Lipinski definition) is 2. The van der Waals surface area contributed by atoms with Gasteiger partial charge in [0.2, 0.25) is 0 Å². The highest BCUT2D eigenvalue weighted by Gasteiger charge is 2.12. The molecule has 0 fully saturated rings. The summed E-state index contributed by atoms with van der Waals surface area (Å²) in [7, 11) is 0. The molecule has 0 unspecified atom stereocenters. The van der Waals surface area contributed by atoms with E-state index < -0.39 is 5.82 Å². The van der Waals surface area contributed by atoms with Crippen molar-refractivity contribution < 1.29 is 19.0 Å². The number of halogens is 1. The number of aliphatic hydroxyl groups excluding tert-OH is 1. The van der Waals surface area contributed by atoms with Crippen LogP contribution in [0.2, 0.25) is 0 Å². The van der Waals surface area contributed by atoms with Gasteiger partial charge >= 0.3 is 0 Å². The number of fused-ring (bicyclic) bond motifs is 1. The van der Waals surface area contributed by atoms with Crippen molar-refractivity contribution in [1.82, 2.24) is 5.32 Å². The highest BCUT2D eigenvalue weighted by atomic mass is 19.1. The molecule has 4 nitrogen and oxygen atoms in total. The molecule has 0 bridgehead atoms. The number of carbonyl (C=O) groups is 1. The number of ether oxygens (including phenoxy) is 1. The molecule has 2 N–H and O–H groups in total. The van der Waals surface area contributed by atoms with Crippen LogP contribution in [0.25, 0.3) is 0 Å². The molecule has 126 valence electrons. The average Bonchev–Trinajstić information content (AvgIpc) is 3.07. The quantitative estimate of drug-likeness (QED) is 0.856. The van der Waals surface area contributed by atoms with Crippen molar-refractivity contribution in [2.45, 2.75) is 32.4 Å². The molecular weight excluding hydrogens is 309 g/mol. The third kappa shape index (κ3) is 3.92. The van der Waals surface area contributed by atoms with Crippen LogP contribution in [-0.2, 0) is 30.8 Å². The number of carbonyl (C=O) groups excluding carboxylic acids is 1. The Bertz CT molecular complexity index is 728. The summed E-state index contributed by atoms with van der Waals surface area (Å²) in [6.45, 7) is -0.165. The molecule has 24 heavy (non-hydrogen) atoms. The zero-order valence-corrected chi connectivity index (χ0v) is 13.3. The van der Waals surface area contributed by atoms with Crippen LogP contribution in [0.15, 0.2) is 36.4 Å². The van der Waals surface area contributed by atoms with Gasteiger partial charge in [-0.05, 0) is 60.2 Å². The Balaban J connectivity index is 1.49. The van der Waals surface area contributed by atoms with Gasteiger partial charge in [0.1, 0.15) is 11.6 Å². The van der Waals surface area contributed by atoms with E-state index in [4.69, 9.17) is 9.84 Å². The summed E-state index contributed by atoms with van der Waals surface area (Å²) in [6, 6.07) is 10.4. The fourth-order valence-corrected chi connectivity index (χ4v) is 2.90. The first-order valence-corrected chi connectivity index (χ1v) is 8.05. The first-order valence-electron chi connectivity index (χ1n) is 8.05. The predicted octanol–water partition coefficient (Wildman–Crippen LogP) is 2.50. The molecule has 0 spiro atoms. The Hall–Kier alpha value is -2.40. The van der Waals surface area contributed by atoms with Gasteiger partial charge in [-0.1, -0.05) is 12.1 Å². The monoisotopic (exact) mass is 329 g/mol. The van der Waals surface area contributed by atoms with E-state index in [9.17, 15) is 9.18 Å². The van der Waals surface area contributed by atoms with Gasteiger partial charge in [-0.15, -0.1) is 0 Å². The van der Waals surface area contributed by atoms with Crippen molar-refractivity contribution in [3.63, 3.8) is 0 Å². The standard InChI is InChI=1S/C19H20FNO3/c20-18-7-4-13(8-16(18)11-22)10-21-19(23)12-24-17-6-5-14-2-1-3-15(14)9-17/h4-9,22H,1-3,10-12H2,(H,21,23). The largest absolute Gasteiger partial charge is 0.484 e. The maximum absolute atomic E-state index is 13.3. The second-order valence-electron chi connectivity index (χ2n) is 5.93. The van der Waals surface area contributed by atoms with Gasteiger partial charge in [-0.25, -0.2) is 4.39 Å². The molecule has 0 aromatic heterocycles. The molecule has 2 aromatic rings. The predicted molar refractivity (Wildman–Crippen MR) is 88.1 cm³/mol. The fourth-order valence-electron chi connectivity index (χ4n) is 2.90. The van der Waals surface area contributed by atoms with Gasteiger partial charge < -0.3 is 15.2 Å². The smallest absolute Gasteiger partial charge is 0.258 e. The van der Waals surface area contributed by atoms with Crippen molar-refractivity contribution in [3.05, 3.63) is 64.5 Å². The van der Waals surface area contributed by atoms with Crippen molar-refractivity contribution in [3.8, 4) is 5.75 Å². The van der Waals surface area contributed by atoms with Crippen LogP contribution < -0.4 is 10.1 Å². The zero-order chi connectivity index (χ0) is 16.9. The van der Waals surface area contributed by atoms with Gasteiger partial charge in [0.05, 0.1) is 6.61 Å². The molecule has 1 amide bonds. The van der Waals surface area contributed by atoms with E-state index >= 15 is 0 Å². The lowest BCUT2D eigenvalue weighted by molar-refractivity contribution is -0.123. The van der Waals surface area contributed by atoms with Gasteiger partial charge in [-0.2, -0.15) is 0 Å². The number of amides is 1. The van der Waals surface area contributed by atoms with E-state index in [2.05, 4.69) is 11.4 Å². The third-order valence-corrected chi connectivity index (χ3v) is 4.21. The molecule has 0 saturated carbocycles. The average molecular weight is 329 g/mol. The fraction of sp³-hybridized carbons (Fsp3) is 0.316. The topological polar surface area (TPSA) is 58.6 Å². The van der Waals surface area contributed by atoms with Crippen LogP contribution in [0.5, 0.6) is 5.75 Å². The number of aryl methyl sites for hydroxylation is 2. The number of aliphatic hydroxyl groups is 1. The summed E-state index contributed by atoms with van der Waals surface area (Å²) >= 11 is 0. The Morgan fingerprint density at radius 1 is 1.17 bits per heavy atom. The Morgan fingerprint density at radius 3 is 2.83 bits per heavy atom. The summed E-state index contributed by atoms with van der Waals surface area (Å²) in [4.78, 5) is 11.9. The number of nitrogens with one attached hydrogen (secondary N) is 1. The van der Waals surface area contributed by atoms with Crippen LogP contribution in [0.1, 0.15) is 28.7 Å². The van der Waals surface area contributed by atoms with Gasteiger partial charge in [0, 0.05) is 12.1 Å². The minimum atomic E-state index is -0.451. The lowest BCUT2D eigenvalue weighted by atomic mass is 10.1. The summed E-state index contributed by atoms with van der Waals surface area (Å²) in [6.07, 6.45) is 3.35. The highest BCUT2D eigenvalue weighted by Crippen LogP contribution is 2.25. The van der Waals surface area contributed by atoms with Crippen LogP contribution >= 0.6 is 0 Å². The zero-order valence-electron chi connectivity index (χ0n) is 13.3. The van der Waals surface area contributed by atoms with E-state index in [-0.39, 0.29) is 31.2 Å². The summed E-state index contributed by atoms with van der Waals surface area (Å²) in [5.74, 6) is 0.00744. The molecule has 2 aromatic carbocycles. The maximum atomic E-state index is 13.3. The van der Waals surface area contributed by atoms with E-state index in [0.29, 0.717) is 5.75 Å². The Kier molecular flexibility index (Phi) is 5.11. The van der Waals surface area contributed by atoms with Crippen molar-refractivity contribution in [2.24, 2.45) is 0 Å². The summed E-state index contributed by atoms with van der Waals surface area (Å²) < 4.78 is 18.8. The molecule has 0 atom stereocenters. The lowest BCUT2D eigenvalue weighted by Gasteiger charge is -2.10. The third-order valence-electron chi connectivity index (χ3n) is 4.21. The minimum absolute atomic E-state index is 0.0627. The van der Waals surface area contributed by atoms with E-state index in [1.54, 1.807) is 6.07 Å². The number of benzene rings is 2. The minimum Gasteiger partial charge on any atom is -0.484 e. The molecule has 0 saturated heterocycles. The highest BCUT2D eigenvalue weighted by molar-refractivity contribution is 5.77. The van der Waals surface area contributed by atoms with Crippen molar-refractivity contribution in [1.29, 1.82) is 0 Å². The second-order valence-corrected chi connectivity index (χ2v) is 5.93. The van der Waals surface area contributed by atoms with Gasteiger partial charge in [-0.3, -0.25) is 4.79 Å². The van der Waals surface area contributed by atoms with Crippen LogP contribution in [0.3, 0.4) is 0 Å². The first-order chi connectivity index (χ1) is 11.7. The van der Waals surface area contributed by atoms with E-state index in [1.165, 1.54) is 29.7 Å². The normalized spacial score (nSPS) is 12.8. The molecule has 0 radical (unpaired) electrons. The summed E-state index contributed by atoms with van der Waals surface area (Å²) in [5.41, 5.74) is 3.61. The second kappa shape index (κ2) is 7.45. The maximum Gasteiger partial charge on any atom is 0.258 e. The van der Waals surface area contributed by atoms with Crippen LogP contribution in [0.4, 0.5) is 4.39 Å². The number of hydrogen-bond acceptors (Lipinski definition) is 3. The van der Waals surface area contributed by atoms with Crippen molar-refractivity contribution in [2.75, 3.05) is 6.61 Å². The summed E-state index contributed by atoms with van der Waals surface area (Å²) in [5, 5.41) is 11.8. The molecule has 0 aliphatic heterocycles. The molecule has 5 heteroatoms. The van der Waals surface area contributed by atoms with E-state index in [0.717, 1.165) is 18.4 Å². The van der Waals surface area contributed by atoms with E-state index in [1.807, 2.05) is 12.1 Å². The molecule has 1 aliphatic carbocycles. The van der Waals surface area contributed by atoms with Crippen LogP contribution in [0, 0.1) is 5.82 Å². The molecule has 3 rings (SSSR count). The lowest BCUT2D eigenvalue weighted by Crippen LogP contribution is -2.28. The number of rotatable bonds is 6. The molecule has 1 aliphatic rings. The molecular formula is C19H20FNO3. The van der Waals surface area contributed by atoms with Gasteiger partial charge in [0.25, 0.3) is 5.91 Å². The van der Waals surface area contributed by atoms with Crippen LogP contribution in [-0.4, -0.2) is 17.6 Å². The van der Waals surface area contributed by atoms with Crippen molar-refractivity contribution >= 4 is 5.91 Å². The molecule has 0 heterocycles. The van der Waals surface area contributed by atoms with Gasteiger partial charge in [0.15, 0.2) is 6.61 Å². The SMILES string of the molecule is O=C(COc1ccc2c(c1)CCC2)NCc1ccc(F)c(CO)c1. The Labute approximate surface area is 140 Å². The first kappa shape index (κ1) is 16.5.